The van der Waals surface area contributed by atoms with Crippen LogP contribution in [0.5, 0.6) is 11.5 Å². The third-order valence-corrected chi connectivity index (χ3v) is 4.43. The van der Waals surface area contributed by atoms with Crippen LogP contribution in [0.1, 0.15) is 17.7 Å². The highest BCUT2D eigenvalue weighted by molar-refractivity contribution is 5.88. The first kappa shape index (κ1) is 18.1. The average Bonchev–Trinajstić information content (AvgIpc) is 3.20. The minimum absolute atomic E-state index is 0.0548. The molecule has 8 nitrogen and oxygen atoms in total. The van der Waals surface area contributed by atoms with Crippen molar-refractivity contribution in [3.63, 3.8) is 0 Å². The first-order valence-corrected chi connectivity index (χ1v) is 8.57. The van der Waals surface area contributed by atoms with Gasteiger partial charge in [0.2, 0.25) is 0 Å². The van der Waals surface area contributed by atoms with Gasteiger partial charge in [0, 0.05) is 25.2 Å². The van der Waals surface area contributed by atoms with E-state index in [9.17, 15) is 4.79 Å². The molecule has 1 aliphatic heterocycles. The molecule has 2 aromatic rings. The van der Waals surface area contributed by atoms with Gasteiger partial charge in [0.25, 0.3) is 0 Å². The van der Waals surface area contributed by atoms with E-state index < -0.39 is 0 Å². The molecule has 140 valence electrons. The van der Waals surface area contributed by atoms with Crippen molar-refractivity contribution >= 4 is 11.8 Å². The van der Waals surface area contributed by atoms with Crippen LogP contribution in [0.15, 0.2) is 24.3 Å². The van der Waals surface area contributed by atoms with Crippen LogP contribution >= 0.6 is 0 Å². The highest BCUT2D eigenvalue weighted by atomic mass is 16.5. The van der Waals surface area contributed by atoms with E-state index in [0.717, 1.165) is 17.7 Å². The van der Waals surface area contributed by atoms with Crippen LogP contribution in [0.2, 0.25) is 0 Å². The molecule has 0 radical (unpaired) electrons. The molecule has 0 bridgehead atoms. The molecule has 1 fully saturated rings. The number of carbonyl (C=O) groups is 1. The van der Waals surface area contributed by atoms with Gasteiger partial charge in [-0.2, -0.15) is 5.10 Å². The van der Waals surface area contributed by atoms with Gasteiger partial charge in [0.05, 0.1) is 26.5 Å². The Morgan fingerprint density at radius 3 is 2.73 bits per heavy atom. The van der Waals surface area contributed by atoms with E-state index in [2.05, 4.69) is 10.4 Å². The zero-order valence-electron chi connectivity index (χ0n) is 15.4. The average molecular weight is 359 g/mol. The van der Waals surface area contributed by atoms with E-state index in [1.165, 1.54) is 0 Å². The molecule has 1 atom stereocenters. The Bertz CT molecular complexity index is 789. The second kappa shape index (κ2) is 7.65. The number of likely N-dealkylation sites (tertiary alicyclic amines) is 1. The normalized spacial score (nSPS) is 16.6. The van der Waals surface area contributed by atoms with Crippen LogP contribution in [-0.2, 0) is 6.54 Å². The molecule has 1 aromatic heterocycles. The molecule has 26 heavy (non-hydrogen) atoms. The van der Waals surface area contributed by atoms with Gasteiger partial charge in [-0.1, -0.05) is 6.07 Å². The van der Waals surface area contributed by atoms with Crippen molar-refractivity contribution in [2.24, 2.45) is 5.73 Å². The van der Waals surface area contributed by atoms with E-state index >= 15 is 0 Å². The molecule has 1 saturated heterocycles. The number of nitrogens with one attached hydrogen (secondary N) is 1. The maximum absolute atomic E-state index is 12.4. The first-order valence-electron chi connectivity index (χ1n) is 8.57. The smallest absolute Gasteiger partial charge is 0.323 e. The van der Waals surface area contributed by atoms with Gasteiger partial charge in [0.15, 0.2) is 11.5 Å². The summed E-state index contributed by atoms with van der Waals surface area (Å²) in [5.41, 5.74) is 7.70. The first-order chi connectivity index (χ1) is 12.5. The Morgan fingerprint density at radius 2 is 2.08 bits per heavy atom. The number of hydrogen-bond donors (Lipinski definition) is 2. The molecule has 2 amide bonds. The summed E-state index contributed by atoms with van der Waals surface area (Å²) in [6, 6.07) is 7.47. The van der Waals surface area contributed by atoms with Crippen molar-refractivity contribution in [2.45, 2.75) is 25.9 Å². The third kappa shape index (κ3) is 3.91. The van der Waals surface area contributed by atoms with Crippen molar-refractivity contribution < 1.29 is 14.3 Å². The predicted octanol–water partition coefficient (Wildman–Crippen LogP) is 1.82. The molecule has 1 aromatic carbocycles. The summed E-state index contributed by atoms with van der Waals surface area (Å²) < 4.78 is 12.4. The topological polar surface area (TPSA) is 94.6 Å². The van der Waals surface area contributed by atoms with Crippen LogP contribution in [0, 0.1) is 6.92 Å². The number of anilines is 1. The molecule has 8 heteroatoms. The molecular weight excluding hydrogens is 334 g/mol. The molecular formula is C18H25N5O3. The minimum Gasteiger partial charge on any atom is -0.493 e. The number of aromatic nitrogens is 2. The minimum atomic E-state index is -0.147. The summed E-state index contributed by atoms with van der Waals surface area (Å²) in [4.78, 5) is 14.2. The van der Waals surface area contributed by atoms with E-state index in [4.69, 9.17) is 15.2 Å². The number of aryl methyl sites for hydroxylation is 1. The Hall–Kier alpha value is -2.74. The van der Waals surface area contributed by atoms with Crippen molar-refractivity contribution in [3.8, 4) is 11.5 Å². The second-order valence-electron chi connectivity index (χ2n) is 6.44. The number of amides is 2. The fourth-order valence-electron chi connectivity index (χ4n) is 3.08. The van der Waals surface area contributed by atoms with Crippen molar-refractivity contribution in [2.75, 3.05) is 32.6 Å². The Kier molecular flexibility index (Phi) is 5.32. The monoisotopic (exact) mass is 359 g/mol. The fraction of sp³-hybridized carbons (Fsp3) is 0.444. The maximum atomic E-state index is 12.4. The quantitative estimate of drug-likeness (QED) is 0.849. The third-order valence-electron chi connectivity index (χ3n) is 4.43. The van der Waals surface area contributed by atoms with Crippen molar-refractivity contribution in [1.82, 2.24) is 14.7 Å². The van der Waals surface area contributed by atoms with Gasteiger partial charge in [0.1, 0.15) is 5.82 Å². The molecule has 2 heterocycles. The summed E-state index contributed by atoms with van der Waals surface area (Å²) in [7, 11) is 3.21. The largest absolute Gasteiger partial charge is 0.493 e. The number of ether oxygens (including phenoxy) is 2. The van der Waals surface area contributed by atoms with E-state index in [1.807, 2.05) is 31.2 Å². The maximum Gasteiger partial charge on any atom is 0.323 e. The summed E-state index contributed by atoms with van der Waals surface area (Å²) in [5, 5.41) is 7.43. The lowest BCUT2D eigenvalue weighted by molar-refractivity contribution is 0.222. The number of methoxy groups -OCH3 is 2. The van der Waals surface area contributed by atoms with Crippen LogP contribution in [0.4, 0.5) is 10.6 Å². The summed E-state index contributed by atoms with van der Waals surface area (Å²) in [6.45, 7) is 3.65. The Morgan fingerprint density at radius 1 is 1.31 bits per heavy atom. The van der Waals surface area contributed by atoms with Gasteiger partial charge in [-0.05, 0) is 31.0 Å². The molecule has 3 N–H and O–H groups in total. The lowest BCUT2D eigenvalue weighted by atomic mass is 10.2. The second-order valence-corrected chi connectivity index (χ2v) is 6.44. The fourth-order valence-corrected chi connectivity index (χ4v) is 3.08. The molecule has 0 spiro atoms. The van der Waals surface area contributed by atoms with Gasteiger partial charge in [-0.25, -0.2) is 9.48 Å². The predicted molar refractivity (Wildman–Crippen MR) is 98.8 cm³/mol. The van der Waals surface area contributed by atoms with Crippen molar-refractivity contribution in [1.29, 1.82) is 0 Å². The van der Waals surface area contributed by atoms with Crippen LogP contribution < -0.4 is 20.5 Å². The zero-order valence-corrected chi connectivity index (χ0v) is 15.4. The van der Waals surface area contributed by atoms with E-state index in [1.54, 1.807) is 23.8 Å². The number of rotatable bonds is 5. The van der Waals surface area contributed by atoms with Gasteiger partial charge in [-0.3, -0.25) is 5.32 Å². The molecule has 1 aliphatic rings. The number of nitrogens with zero attached hydrogens (tertiary/aromatic N) is 3. The summed E-state index contributed by atoms with van der Waals surface area (Å²) >= 11 is 0. The zero-order chi connectivity index (χ0) is 18.7. The highest BCUT2D eigenvalue weighted by Crippen LogP contribution is 2.28. The van der Waals surface area contributed by atoms with E-state index in [-0.39, 0.29) is 12.1 Å². The molecule has 0 unspecified atom stereocenters. The van der Waals surface area contributed by atoms with Crippen LogP contribution in [-0.4, -0.2) is 54.1 Å². The number of urea groups is 1. The summed E-state index contributed by atoms with van der Waals surface area (Å²) in [6.07, 6.45) is 0.831. The summed E-state index contributed by atoms with van der Waals surface area (Å²) in [5.74, 6) is 1.99. The van der Waals surface area contributed by atoms with Crippen LogP contribution in [0.25, 0.3) is 0 Å². The Balaban J connectivity index is 1.76. The molecule has 0 aliphatic carbocycles. The number of nitrogens with two attached hydrogens (primary N) is 1. The lowest BCUT2D eigenvalue weighted by Crippen LogP contribution is -2.35. The lowest BCUT2D eigenvalue weighted by Gasteiger charge is -2.17. The highest BCUT2D eigenvalue weighted by Gasteiger charge is 2.24. The molecule has 3 rings (SSSR count). The van der Waals surface area contributed by atoms with Gasteiger partial charge < -0.3 is 20.1 Å². The van der Waals surface area contributed by atoms with E-state index in [0.29, 0.717) is 37.0 Å². The Labute approximate surface area is 152 Å². The molecule has 0 saturated carbocycles. The number of benzene rings is 1. The van der Waals surface area contributed by atoms with Gasteiger partial charge >= 0.3 is 6.03 Å². The standard InChI is InChI=1S/C18H25N5O3/c1-12-8-17(20-18(24)22-7-6-14(19)11-22)23(21-12)10-13-4-5-15(25-2)16(9-13)26-3/h4-5,8-9,14H,6-7,10-11,19H2,1-3H3,(H,20,24)/t14-/m1/s1. The number of carbonyl (C=O) groups excluding carboxylic acids is 1. The van der Waals surface area contributed by atoms with Gasteiger partial charge in [-0.15, -0.1) is 0 Å². The SMILES string of the molecule is COc1ccc(Cn2nc(C)cc2NC(=O)N2CC[C@@H](N)C2)cc1OC. The number of hydrogen-bond acceptors (Lipinski definition) is 5. The van der Waals surface area contributed by atoms with Crippen molar-refractivity contribution in [3.05, 3.63) is 35.5 Å². The van der Waals surface area contributed by atoms with Crippen LogP contribution in [0.3, 0.4) is 0 Å².